The third-order valence-corrected chi connectivity index (χ3v) is 3.94. The van der Waals surface area contributed by atoms with Crippen LogP contribution in [0.2, 0.25) is 0 Å². The molecule has 0 aromatic rings. The zero-order valence-electron chi connectivity index (χ0n) is 13.9. The van der Waals surface area contributed by atoms with E-state index < -0.39 is 0 Å². The molecule has 118 valence electrons. The fraction of sp³-hybridized carbons (Fsp3) is 0.938. The molecule has 0 amide bonds. The van der Waals surface area contributed by atoms with Gasteiger partial charge in [0.25, 0.3) is 0 Å². The van der Waals surface area contributed by atoms with Crippen molar-refractivity contribution >= 4 is 5.96 Å². The molecular weight excluding hydrogens is 248 g/mol. The van der Waals surface area contributed by atoms with Crippen molar-refractivity contribution in [3.8, 4) is 0 Å². The highest BCUT2D eigenvalue weighted by Gasteiger charge is 2.21. The first kappa shape index (κ1) is 17.3. The fourth-order valence-electron chi connectivity index (χ4n) is 2.78. The lowest BCUT2D eigenvalue weighted by molar-refractivity contribution is 0.324. The molecule has 0 spiro atoms. The third kappa shape index (κ3) is 7.13. The quantitative estimate of drug-likeness (QED) is 0.408. The Kier molecular flexibility index (Phi) is 8.67. The molecule has 0 aromatic carbocycles. The minimum atomic E-state index is 0.774. The van der Waals surface area contributed by atoms with E-state index in [-0.39, 0.29) is 0 Å². The summed E-state index contributed by atoms with van der Waals surface area (Å²) in [5.74, 6) is 2.52. The molecule has 2 N–H and O–H groups in total. The largest absolute Gasteiger partial charge is 0.356 e. The number of rotatable bonds is 8. The summed E-state index contributed by atoms with van der Waals surface area (Å²) in [6.07, 6.45) is 5.07. The lowest BCUT2D eigenvalue weighted by Crippen LogP contribution is -2.40. The second kappa shape index (κ2) is 10.0. The van der Waals surface area contributed by atoms with Gasteiger partial charge < -0.3 is 15.5 Å². The van der Waals surface area contributed by atoms with E-state index in [1.165, 1.54) is 45.3 Å². The standard InChI is InChI=1S/C16H34N4/c1-5-10-20-11-8-15(13-20)12-19-16(17-4)18-9-6-7-14(2)3/h14-15H,5-13H2,1-4H3,(H2,17,18,19). The monoisotopic (exact) mass is 282 g/mol. The summed E-state index contributed by atoms with van der Waals surface area (Å²) < 4.78 is 0. The number of nitrogens with one attached hydrogen (secondary N) is 2. The number of likely N-dealkylation sites (tertiary alicyclic amines) is 1. The number of nitrogens with zero attached hydrogens (tertiary/aromatic N) is 2. The zero-order valence-corrected chi connectivity index (χ0v) is 13.9. The minimum absolute atomic E-state index is 0.774. The van der Waals surface area contributed by atoms with Crippen LogP contribution in [0.3, 0.4) is 0 Å². The number of guanidine groups is 1. The summed E-state index contributed by atoms with van der Waals surface area (Å²) >= 11 is 0. The lowest BCUT2D eigenvalue weighted by Gasteiger charge is -2.17. The lowest BCUT2D eigenvalue weighted by atomic mass is 10.1. The van der Waals surface area contributed by atoms with Gasteiger partial charge in [-0.2, -0.15) is 0 Å². The van der Waals surface area contributed by atoms with Crippen LogP contribution in [-0.2, 0) is 0 Å². The maximum absolute atomic E-state index is 4.30. The van der Waals surface area contributed by atoms with Crippen molar-refractivity contribution in [1.29, 1.82) is 0 Å². The Morgan fingerprint density at radius 3 is 2.80 bits per heavy atom. The van der Waals surface area contributed by atoms with Crippen LogP contribution in [0.25, 0.3) is 0 Å². The third-order valence-electron chi connectivity index (χ3n) is 3.94. The smallest absolute Gasteiger partial charge is 0.190 e. The molecule has 1 fully saturated rings. The van der Waals surface area contributed by atoms with E-state index in [2.05, 4.69) is 41.3 Å². The number of hydrogen-bond donors (Lipinski definition) is 2. The van der Waals surface area contributed by atoms with Gasteiger partial charge in [0.05, 0.1) is 0 Å². The second-order valence-electron chi connectivity index (χ2n) is 6.37. The van der Waals surface area contributed by atoms with Crippen molar-refractivity contribution in [3.63, 3.8) is 0 Å². The highest BCUT2D eigenvalue weighted by Crippen LogP contribution is 2.15. The van der Waals surface area contributed by atoms with E-state index in [4.69, 9.17) is 0 Å². The van der Waals surface area contributed by atoms with E-state index in [0.717, 1.165) is 30.9 Å². The molecular formula is C16H34N4. The Labute approximate surface area is 125 Å². The summed E-state index contributed by atoms with van der Waals surface area (Å²) in [4.78, 5) is 6.88. The first-order valence-corrected chi connectivity index (χ1v) is 8.32. The Morgan fingerprint density at radius 1 is 1.35 bits per heavy atom. The van der Waals surface area contributed by atoms with Crippen molar-refractivity contribution in [2.24, 2.45) is 16.8 Å². The van der Waals surface area contributed by atoms with Gasteiger partial charge in [-0.05, 0) is 50.6 Å². The summed E-state index contributed by atoms with van der Waals surface area (Å²) in [6, 6.07) is 0. The molecule has 0 bridgehead atoms. The van der Waals surface area contributed by atoms with E-state index in [1.807, 2.05) is 7.05 Å². The molecule has 1 aliphatic heterocycles. The van der Waals surface area contributed by atoms with Gasteiger partial charge in [-0.25, -0.2) is 0 Å². The van der Waals surface area contributed by atoms with Crippen molar-refractivity contribution in [2.75, 3.05) is 39.8 Å². The summed E-state index contributed by atoms with van der Waals surface area (Å²) in [7, 11) is 1.86. The average Bonchev–Trinajstić information content (AvgIpc) is 2.86. The normalized spacial score (nSPS) is 20.6. The molecule has 0 saturated carbocycles. The highest BCUT2D eigenvalue weighted by molar-refractivity contribution is 5.79. The van der Waals surface area contributed by atoms with Gasteiger partial charge in [-0.3, -0.25) is 4.99 Å². The molecule has 1 heterocycles. The van der Waals surface area contributed by atoms with Crippen LogP contribution >= 0.6 is 0 Å². The van der Waals surface area contributed by atoms with Crippen molar-refractivity contribution < 1.29 is 0 Å². The van der Waals surface area contributed by atoms with E-state index in [9.17, 15) is 0 Å². The second-order valence-corrected chi connectivity index (χ2v) is 6.37. The molecule has 4 nitrogen and oxygen atoms in total. The van der Waals surface area contributed by atoms with Crippen LogP contribution in [0.15, 0.2) is 4.99 Å². The van der Waals surface area contributed by atoms with Crippen LogP contribution in [-0.4, -0.2) is 50.6 Å². The molecule has 0 radical (unpaired) electrons. The maximum atomic E-state index is 4.30. The van der Waals surface area contributed by atoms with Crippen LogP contribution in [0.5, 0.6) is 0 Å². The van der Waals surface area contributed by atoms with Gasteiger partial charge in [0.15, 0.2) is 5.96 Å². The summed E-state index contributed by atoms with van der Waals surface area (Å²) in [6.45, 7) is 12.6. The van der Waals surface area contributed by atoms with Crippen molar-refractivity contribution in [1.82, 2.24) is 15.5 Å². The average molecular weight is 282 g/mol. The predicted octanol–water partition coefficient (Wildman–Crippen LogP) is 2.32. The van der Waals surface area contributed by atoms with E-state index in [1.54, 1.807) is 0 Å². The Hall–Kier alpha value is -0.770. The van der Waals surface area contributed by atoms with Crippen LogP contribution in [0.1, 0.15) is 46.5 Å². The Bertz CT molecular complexity index is 276. The maximum Gasteiger partial charge on any atom is 0.190 e. The first-order chi connectivity index (χ1) is 9.65. The fourth-order valence-corrected chi connectivity index (χ4v) is 2.78. The van der Waals surface area contributed by atoms with E-state index >= 15 is 0 Å². The minimum Gasteiger partial charge on any atom is -0.356 e. The Balaban J connectivity index is 2.12. The zero-order chi connectivity index (χ0) is 14.8. The molecule has 4 heteroatoms. The van der Waals surface area contributed by atoms with Crippen LogP contribution in [0.4, 0.5) is 0 Å². The van der Waals surface area contributed by atoms with Gasteiger partial charge in [0, 0.05) is 26.7 Å². The topological polar surface area (TPSA) is 39.7 Å². The van der Waals surface area contributed by atoms with E-state index in [0.29, 0.717) is 0 Å². The van der Waals surface area contributed by atoms with Gasteiger partial charge in [-0.1, -0.05) is 20.8 Å². The number of aliphatic imine (C=N–C) groups is 1. The number of hydrogen-bond acceptors (Lipinski definition) is 2. The van der Waals surface area contributed by atoms with Gasteiger partial charge in [0.2, 0.25) is 0 Å². The summed E-state index contributed by atoms with van der Waals surface area (Å²) in [5, 5.41) is 6.88. The molecule has 1 rings (SSSR count). The van der Waals surface area contributed by atoms with Crippen LogP contribution < -0.4 is 10.6 Å². The molecule has 1 atom stereocenters. The molecule has 0 aromatic heterocycles. The van der Waals surface area contributed by atoms with Crippen molar-refractivity contribution in [2.45, 2.75) is 46.5 Å². The van der Waals surface area contributed by atoms with Gasteiger partial charge in [-0.15, -0.1) is 0 Å². The molecule has 0 aliphatic carbocycles. The first-order valence-electron chi connectivity index (χ1n) is 8.32. The summed E-state index contributed by atoms with van der Waals surface area (Å²) in [5.41, 5.74) is 0. The highest BCUT2D eigenvalue weighted by atomic mass is 15.2. The SMILES string of the molecule is CCCN1CCC(CNC(=NC)NCCCC(C)C)C1. The molecule has 20 heavy (non-hydrogen) atoms. The molecule has 1 aliphatic rings. The van der Waals surface area contributed by atoms with Gasteiger partial charge >= 0.3 is 0 Å². The predicted molar refractivity (Wildman–Crippen MR) is 88.3 cm³/mol. The molecule has 1 unspecified atom stereocenters. The van der Waals surface area contributed by atoms with Gasteiger partial charge in [0.1, 0.15) is 0 Å². The van der Waals surface area contributed by atoms with Crippen LogP contribution in [0, 0.1) is 11.8 Å². The van der Waals surface area contributed by atoms with Crippen molar-refractivity contribution in [3.05, 3.63) is 0 Å². The molecule has 1 saturated heterocycles. The Morgan fingerprint density at radius 2 is 2.15 bits per heavy atom.